The van der Waals surface area contributed by atoms with E-state index in [2.05, 4.69) is 38.0 Å². The molecule has 5 nitrogen and oxygen atoms in total. The van der Waals surface area contributed by atoms with Crippen molar-refractivity contribution in [1.82, 2.24) is 15.5 Å². The summed E-state index contributed by atoms with van der Waals surface area (Å²) in [5.74, 6) is -0.332. The Morgan fingerprint density at radius 2 is 2.03 bits per heavy atom. The number of morpholine rings is 1. The first-order valence-corrected chi connectivity index (χ1v) is 10.4. The highest BCUT2D eigenvalue weighted by Gasteiger charge is 2.23. The lowest BCUT2D eigenvalue weighted by atomic mass is 10.2. The molecule has 1 saturated heterocycles. The molecule has 1 aliphatic rings. The summed E-state index contributed by atoms with van der Waals surface area (Å²) in [4.78, 5) is 8.11. The maximum Gasteiger partial charge on any atom is 0.191 e. The number of rotatable bonds is 7. The van der Waals surface area contributed by atoms with Crippen molar-refractivity contribution in [2.75, 3.05) is 39.4 Å². The molecular weight excluding hydrogens is 509 g/mol. The van der Waals surface area contributed by atoms with Gasteiger partial charge in [0.2, 0.25) is 0 Å². The Bertz CT molecular complexity index is 770. The summed E-state index contributed by atoms with van der Waals surface area (Å²) in [7, 11) is 0. The van der Waals surface area contributed by atoms with Crippen molar-refractivity contribution in [3.63, 3.8) is 0 Å². The van der Waals surface area contributed by atoms with E-state index < -0.39 is 11.6 Å². The van der Waals surface area contributed by atoms with Gasteiger partial charge in [-0.3, -0.25) is 4.90 Å². The Morgan fingerprint density at radius 3 is 2.72 bits per heavy atom. The van der Waals surface area contributed by atoms with Gasteiger partial charge in [0.05, 0.1) is 25.8 Å². The zero-order valence-corrected chi connectivity index (χ0v) is 19.5. The van der Waals surface area contributed by atoms with E-state index in [0.717, 1.165) is 38.4 Å². The summed E-state index contributed by atoms with van der Waals surface area (Å²) in [6, 6.07) is 7.83. The third-order valence-corrected chi connectivity index (χ3v) is 5.55. The molecule has 1 aromatic carbocycles. The van der Waals surface area contributed by atoms with Gasteiger partial charge in [-0.1, -0.05) is 6.07 Å². The Kier molecular flexibility index (Phi) is 10.3. The van der Waals surface area contributed by atoms with Crippen molar-refractivity contribution >= 4 is 41.3 Å². The van der Waals surface area contributed by atoms with Crippen molar-refractivity contribution < 1.29 is 13.5 Å². The van der Waals surface area contributed by atoms with E-state index in [-0.39, 0.29) is 42.1 Å². The van der Waals surface area contributed by atoms with E-state index in [1.807, 2.05) is 6.92 Å². The third kappa shape index (κ3) is 7.16. The average molecular weight is 536 g/mol. The van der Waals surface area contributed by atoms with Crippen molar-refractivity contribution in [3.8, 4) is 0 Å². The monoisotopic (exact) mass is 536 g/mol. The van der Waals surface area contributed by atoms with Crippen molar-refractivity contribution in [1.29, 1.82) is 0 Å². The number of nitrogens with one attached hydrogen (secondary N) is 2. The summed E-state index contributed by atoms with van der Waals surface area (Å²) < 4.78 is 32.7. The van der Waals surface area contributed by atoms with E-state index in [9.17, 15) is 8.78 Å². The topological polar surface area (TPSA) is 48.9 Å². The second kappa shape index (κ2) is 12.4. The zero-order chi connectivity index (χ0) is 19.8. The summed E-state index contributed by atoms with van der Waals surface area (Å²) in [6.45, 7) is 6.61. The number of hydrogen-bond acceptors (Lipinski definition) is 4. The van der Waals surface area contributed by atoms with Crippen molar-refractivity contribution in [2.45, 2.75) is 19.5 Å². The van der Waals surface area contributed by atoms with Gasteiger partial charge in [-0.25, -0.2) is 13.8 Å². The van der Waals surface area contributed by atoms with Crippen LogP contribution in [0.1, 0.15) is 23.4 Å². The minimum Gasteiger partial charge on any atom is -0.379 e. The number of benzene rings is 1. The molecule has 0 radical (unpaired) electrons. The minimum atomic E-state index is -0.463. The van der Waals surface area contributed by atoms with Gasteiger partial charge in [0.15, 0.2) is 5.96 Å². The predicted octanol–water partition coefficient (Wildman–Crippen LogP) is 3.77. The van der Waals surface area contributed by atoms with E-state index >= 15 is 0 Å². The normalized spacial score (nSPS) is 16.2. The molecule has 0 amide bonds. The fourth-order valence-corrected chi connectivity index (χ4v) is 4.00. The van der Waals surface area contributed by atoms with Gasteiger partial charge in [-0.2, -0.15) is 0 Å². The predicted molar refractivity (Wildman–Crippen MR) is 124 cm³/mol. The summed E-state index contributed by atoms with van der Waals surface area (Å²) in [6.07, 6.45) is 0. The number of aliphatic imine (C=N–C) groups is 1. The van der Waals surface area contributed by atoms with Crippen LogP contribution in [0, 0.1) is 11.6 Å². The lowest BCUT2D eigenvalue weighted by molar-refractivity contribution is 0.0177. The van der Waals surface area contributed by atoms with E-state index in [0.29, 0.717) is 19.0 Å². The van der Waals surface area contributed by atoms with Crippen LogP contribution in [0.5, 0.6) is 0 Å². The Morgan fingerprint density at radius 1 is 1.24 bits per heavy atom. The molecule has 1 aromatic heterocycles. The molecule has 1 aliphatic heterocycles. The molecule has 160 valence electrons. The molecule has 9 heteroatoms. The zero-order valence-electron chi connectivity index (χ0n) is 16.4. The second-order valence-corrected chi connectivity index (χ2v) is 7.47. The Labute approximate surface area is 191 Å². The fourth-order valence-electron chi connectivity index (χ4n) is 3.14. The number of halogens is 3. The molecule has 1 unspecified atom stereocenters. The van der Waals surface area contributed by atoms with Crippen molar-refractivity contribution in [2.24, 2.45) is 4.99 Å². The lowest BCUT2D eigenvalue weighted by Gasteiger charge is -2.34. The molecule has 2 aromatic rings. The van der Waals surface area contributed by atoms with Crippen molar-refractivity contribution in [3.05, 3.63) is 57.8 Å². The molecule has 1 fully saturated rings. The van der Waals surface area contributed by atoms with Gasteiger partial charge in [0.1, 0.15) is 11.6 Å². The highest BCUT2D eigenvalue weighted by molar-refractivity contribution is 14.0. The van der Waals surface area contributed by atoms with Crippen LogP contribution in [-0.4, -0.2) is 50.3 Å². The van der Waals surface area contributed by atoms with Crippen LogP contribution in [-0.2, 0) is 11.3 Å². The van der Waals surface area contributed by atoms with Crippen LogP contribution in [0.15, 0.2) is 40.7 Å². The molecule has 29 heavy (non-hydrogen) atoms. The quantitative estimate of drug-likeness (QED) is 0.322. The molecular formula is C20H27F2IN4OS. The van der Waals surface area contributed by atoms with Gasteiger partial charge in [-0.05, 0) is 36.6 Å². The smallest absolute Gasteiger partial charge is 0.191 e. The molecule has 0 aliphatic carbocycles. The average Bonchev–Trinajstić information content (AvgIpc) is 3.24. The summed E-state index contributed by atoms with van der Waals surface area (Å²) >= 11 is 1.73. The first-order chi connectivity index (χ1) is 13.7. The van der Waals surface area contributed by atoms with Gasteiger partial charge in [0.25, 0.3) is 0 Å². The van der Waals surface area contributed by atoms with Crippen LogP contribution in [0.2, 0.25) is 0 Å². The molecule has 1 atom stereocenters. The molecule has 2 N–H and O–H groups in total. The van der Waals surface area contributed by atoms with E-state index in [1.54, 1.807) is 11.3 Å². The van der Waals surface area contributed by atoms with Crippen LogP contribution < -0.4 is 10.6 Å². The number of nitrogens with zero attached hydrogens (tertiary/aromatic N) is 2. The fraction of sp³-hybridized carbons (Fsp3) is 0.450. The van der Waals surface area contributed by atoms with E-state index in [4.69, 9.17) is 4.74 Å². The number of hydrogen-bond donors (Lipinski definition) is 2. The Hall–Kier alpha value is -1.30. The summed E-state index contributed by atoms with van der Waals surface area (Å²) in [5, 5.41) is 8.61. The maximum atomic E-state index is 13.9. The molecule has 0 bridgehead atoms. The van der Waals surface area contributed by atoms with E-state index in [1.165, 1.54) is 10.9 Å². The first kappa shape index (κ1) is 24.0. The maximum absolute atomic E-state index is 13.9. The second-order valence-electron chi connectivity index (χ2n) is 6.49. The Balaban J connectivity index is 0.00000300. The number of ether oxygens (including phenoxy) is 1. The molecule has 3 rings (SSSR count). The minimum absolute atomic E-state index is 0. The van der Waals surface area contributed by atoms with Crippen LogP contribution in [0.25, 0.3) is 0 Å². The van der Waals surface area contributed by atoms with Crippen LogP contribution in [0.3, 0.4) is 0 Å². The standard InChI is InChI=1S/C20H26F2N4OS.HI/c1-2-23-20(24-13-15-12-16(21)5-6-17(15)22)25-14-18(19-4-3-11-28-19)26-7-9-27-10-8-26;/h3-6,11-12,18H,2,7-10,13-14H2,1H3,(H2,23,24,25);1H. The SMILES string of the molecule is CCNC(=NCc1cc(F)ccc1F)NCC(c1cccs1)N1CCOCC1.I. The van der Waals surface area contributed by atoms with Gasteiger partial charge in [0, 0.05) is 36.6 Å². The van der Waals surface area contributed by atoms with Gasteiger partial charge < -0.3 is 15.4 Å². The van der Waals surface area contributed by atoms with Crippen LogP contribution in [0.4, 0.5) is 8.78 Å². The molecule has 2 heterocycles. The largest absolute Gasteiger partial charge is 0.379 e. The van der Waals surface area contributed by atoms with Crippen LogP contribution >= 0.6 is 35.3 Å². The third-order valence-electron chi connectivity index (χ3n) is 4.58. The van der Waals surface area contributed by atoms with Gasteiger partial charge in [-0.15, -0.1) is 35.3 Å². The lowest BCUT2D eigenvalue weighted by Crippen LogP contribution is -2.46. The molecule has 0 spiro atoms. The molecule has 0 saturated carbocycles. The summed E-state index contributed by atoms with van der Waals surface area (Å²) in [5.41, 5.74) is 0.236. The highest BCUT2D eigenvalue weighted by Crippen LogP contribution is 2.25. The number of guanidine groups is 1. The highest BCUT2D eigenvalue weighted by atomic mass is 127. The first-order valence-electron chi connectivity index (χ1n) is 9.48. The number of thiophene rings is 1. The van der Waals surface area contributed by atoms with Gasteiger partial charge >= 0.3 is 0 Å².